The van der Waals surface area contributed by atoms with Crippen molar-refractivity contribution in [2.45, 2.75) is 52.4 Å². The Hall–Kier alpha value is -11.2. The standard InChI is InChI=1S/C82H56N6OS/c1-81(2,3)49-38-42-68-59(44-49)60-45-62(82(4,5)6)71-57-30-16-22-36-70(57)90-80(71)76(60)87(68)73-61(46-83)74(85-63-31-17-11-25-50(63)51-26-12-18-32-64(51)85)78(77(72(73)84-7)86-65-33-19-13-27-52(65)53-28-14-20-34-66(53)86)88-67-41-37-48(47-23-9-8-10-24-47)43-58(67)55-39-40-56-54-29-15-21-35-69(54)89-79(56)75(55)88/h8-45H,1-6H3. The van der Waals surface area contributed by atoms with E-state index in [1.54, 1.807) is 11.3 Å². The molecule has 0 N–H and O–H groups in total. The maximum Gasteiger partial charge on any atom is 0.237 e. The first-order chi connectivity index (χ1) is 43.9. The molecule has 0 saturated heterocycles. The minimum Gasteiger partial charge on any atom is -0.454 e. The van der Waals surface area contributed by atoms with Crippen molar-refractivity contribution in [2.75, 3.05) is 0 Å². The van der Waals surface area contributed by atoms with E-state index >= 15 is 0 Å². The molecule has 0 bridgehead atoms. The fourth-order valence-electron chi connectivity index (χ4n) is 15.1. The van der Waals surface area contributed by atoms with Gasteiger partial charge < -0.3 is 22.7 Å². The van der Waals surface area contributed by atoms with Gasteiger partial charge in [0.05, 0.1) is 83.7 Å². The molecule has 0 aliphatic carbocycles. The summed E-state index contributed by atoms with van der Waals surface area (Å²) in [5, 5.41) is 25.8. The van der Waals surface area contributed by atoms with E-state index in [-0.39, 0.29) is 10.8 Å². The number of nitrogens with zero attached hydrogens (tertiary/aromatic N) is 6. The zero-order valence-corrected chi connectivity index (χ0v) is 51.3. The van der Waals surface area contributed by atoms with Crippen molar-refractivity contribution < 1.29 is 4.42 Å². The van der Waals surface area contributed by atoms with Crippen molar-refractivity contribution in [2.24, 2.45) is 0 Å². The Morgan fingerprint density at radius 1 is 0.411 bits per heavy atom. The Kier molecular flexibility index (Phi) is 10.8. The normalized spacial score (nSPS) is 12.5. The zero-order chi connectivity index (χ0) is 60.6. The van der Waals surface area contributed by atoms with Crippen molar-refractivity contribution in [1.29, 1.82) is 5.26 Å². The molecular weight excluding hydrogens is 1120 g/mol. The first kappa shape index (κ1) is 52.0. The van der Waals surface area contributed by atoms with Gasteiger partial charge in [-0.05, 0) is 106 Å². The third-order valence-electron chi connectivity index (χ3n) is 19.1. The molecule has 0 unspecified atom stereocenters. The third kappa shape index (κ3) is 7.08. The van der Waals surface area contributed by atoms with Crippen LogP contribution >= 0.6 is 11.3 Å². The van der Waals surface area contributed by atoms with Crippen molar-refractivity contribution in [3.05, 3.63) is 259 Å². The molecule has 18 rings (SSSR count). The number of hydrogen-bond acceptors (Lipinski definition) is 3. The second-order valence-corrected chi connectivity index (χ2v) is 27.2. The second kappa shape index (κ2) is 18.7. The van der Waals surface area contributed by atoms with E-state index in [9.17, 15) is 11.8 Å². The Morgan fingerprint density at radius 3 is 1.54 bits per heavy atom. The summed E-state index contributed by atoms with van der Waals surface area (Å²) in [7, 11) is 0. The Labute approximate surface area is 522 Å². The van der Waals surface area contributed by atoms with Gasteiger partial charge in [-0.15, -0.1) is 11.3 Å². The zero-order valence-electron chi connectivity index (χ0n) is 50.4. The number of fused-ring (bicyclic) bond motifs is 20. The molecule has 0 saturated carbocycles. The molecule has 0 radical (unpaired) electrons. The van der Waals surface area contributed by atoms with Crippen molar-refractivity contribution in [3.8, 4) is 39.9 Å². The minimum absolute atomic E-state index is 0.193. The van der Waals surface area contributed by atoms with Gasteiger partial charge in [0.2, 0.25) is 5.69 Å². The summed E-state index contributed by atoms with van der Waals surface area (Å²) in [6.07, 6.45) is 0. The molecule has 6 aromatic heterocycles. The fourth-order valence-corrected chi connectivity index (χ4v) is 16.3. The number of nitriles is 1. The fraction of sp³-hybridized carbons (Fsp3) is 0.0976. The highest BCUT2D eigenvalue weighted by atomic mass is 32.1. The van der Waals surface area contributed by atoms with E-state index in [0.29, 0.717) is 39.6 Å². The number of hydrogen-bond donors (Lipinski definition) is 0. The number of para-hydroxylation sites is 5. The summed E-state index contributed by atoms with van der Waals surface area (Å²) in [4.78, 5) is 5.00. The summed E-state index contributed by atoms with van der Waals surface area (Å²) in [5.41, 5.74) is 16.0. The molecule has 0 atom stereocenters. The number of thiophene rings is 1. The summed E-state index contributed by atoms with van der Waals surface area (Å²) < 4.78 is 18.9. The lowest BCUT2D eigenvalue weighted by molar-refractivity contribution is 0.591. The third-order valence-corrected chi connectivity index (χ3v) is 20.3. The Balaban J connectivity index is 1.17. The maximum atomic E-state index is 13.2. The van der Waals surface area contributed by atoms with Gasteiger partial charge in [-0.1, -0.05) is 199 Å². The summed E-state index contributed by atoms with van der Waals surface area (Å²) in [5.74, 6) is 0. The van der Waals surface area contributed by atoms with Gasteiger partial charge in [-0.2, -0.15) is 5.26 Å². The van der Waals surface area contributed by atoms with Crippen LogP contribution in [0.4, 0.5) is 5.69 Å². The molecule has 12 aromatic carbocycles. The highest BCUT2D eigenvalue weighted by molar-refractivity contribution is 7.26. The van der Waals surface area contributed by atoms with Crippen LogP contribution in [0.25, 0.3) is 168 Å². The quantitative estimate of drug-likeness (QED) is 0.161. The van der Waals surface area contributed by atoms with Gasteiger partial charge in [0.15, 0.2) is 5.58 Å². The van der Waals surface area contributed by atoms with Crippen LogP contribution in [0, 0.1) is 17.9 Å². The molecule has 426 valence electrons. The van der Waals surface area contributed by atoms with Gasteiger partial charge >= 0.3 is 0 Å². The van der Waals surface area contributed by atoms with Crippen LogP contribution < -0.4 is 0 Å². The smallest absolute Gasteiger partial charge is 0.237 e. The van der Waals surface area contributed by atoms with E-state index in [1.165, 1.54) is 26.6 Å². The molecule has 90 heavy (non-hydrogen) atoms. The average Bonchev–Trinajstić information content (AvgIpc) is 1.48. The number of aromatic nitrogens is 4. The molecule has 7 nitrogen and oxygen atoms in total. The van der Waals surface area contributed by atoms with E-state index < -0.39 is 0 Å². The molecule has 6 heterocycles. The van der Waals surface area contributed by atoms with Crippen molar-refractivity contribution in [1.82, 2.24) is 18.3 Å². The minimum atomic E-state index is -0.254. The first-order valence-electron chi connectivity index (χ1n) is 30.8. The molecule has 0 fully saturated rings. The number of furan rings is 1. The summed E-state index contributed by atoms with van der Waals surface area (Å²) >= 11 is 1.79. The predicted molar refractivity (Wildman–Crippen MR) is 378 cm³/mol. The second-order valence-electron chi connectivity index (χ2n) is 26.1. The first-order valence-corrected chi connectivity index (χ1v) is 31.6. The largest absolute Gasteiger partial charge is 0.454 e. The molecule has 0 amide bonds. The summed E-state index contributed by atoms with van der Waals surface area (Å²) in [6.45, 7) is 24.0. The summed E-state index contributed by atoms with van der Waals surface area (Å²) in [6, 6.07) is 85.4. The highest BCUT2D eigenvalue weighted by Crippen LogP contribution is 2.55. The van der Waals surface area contributed by atoms with E-state index in [0.717, 1.165) is 119 Å². The molecule has 18 aromatic rings. The Bertz CT molecular complexity index is 6010. The van der Waals surface area contributed by atoms with Gasteiger partial charge in [0.25, 0.3) is 0 Å². The predicted octanol–water partition coefficient (Wildman–Crippen LogP) is 23.0. The van der Waals surface area contributed by atoms with Gasteiger partial charge in [0.1, 0.15) is 11.7 Å². The lowest BCUT2D eigenvalue weighted by atomic mass is 9.82. The van der Waals surface area contributed by atoms with Crippen LogP contribution in [0.2, 0.25) is 0 Å². The van der Waals surface area contributed by atoms with E-state index in [4.69, 9.17) is 9.26 Å². The van der Waals surface area contributed by atoms with Crippen LogP contribution in [0.3, 0.4) is 0 Å². The van der Waals surface area contributed by atoms with Gasteiger partial charge in [-0.25, -0.2) is 4.85 Å². The van der Waals surface area contributed by atoms with Crippen LogP contribution in [0.15, 0.2) is 235 Å². The van der Waals surface area contributed by atoms with Crippen LogP contribution in [-0.2, 0) is 10.8 Å². The van der Waals surface area contributed by atoms with E-state index in [2.05, 4.69) is 284 Å². The van der Waals surface area contributed by atoms with Crippen LogP contribution in [-0.4, -0.2) is 18.3 Å². The lowest BCUT2D eigenvalue weighted by Gasteiger charge is -2.27. The highest BCUT2D eigenvalue weighted by Gasteiger charge is 2.37. The van der Waals surface area contributed by atoms with E-state index in [1.807, 2.05) is 12.1 Å². The average molecular weight is 1170 g/mol. The van der Waals surface area contributed by atoms with Gasteiger partial charge in [-0.3, -0.25) is 0 Å². The lowest BCUT2D eigenvalue weighted by Crippen LogP contribution is -2.15. The number of benzene rings is 12. The topological polar surface area (TPSA) is 61.0 Å². The van der Waals surface area contributed by atoms with Gasteiger partial charge in [0, 0.05) is 69.3 Å². The van der Waals surface area contributed by atoms with Crippen molar-refractivity contribution in [3.63, 3.8) is 0 Å². The Morgan fingerprint density at radius 2 is 0.933 bits per heavy atom. The van der Waals surface area contributed by atoms with Crippen LogP contribution in [0.1, 0.15) is 58.2 Å². The number of rotatable bonds is 5. The molecule has 0 spiro atoms. The SMILES string of the molecule is [C-]#[N+]c1c(-n2c3ccccc3c3ccccc32)c(-n2c3ccc(-c4ccccc4)cc3c3ccc4c5ccccc5oc4c32)c(-n2c3ccccc3c3ccccc32)c(C#N)c1-n1c2ccc(C(C)(C)C)cc2c2cc(C(C)(C)C)c3c4ccccc4sc3c21. The van der Waals surface area contributed by atoms with Crippen molar-refractivity contribution >= 4 is 146 Å². The monoisotopic (exact) mass is 1170 g/mol. The molecule has 0 aliphatic heterocycles. The molecule has 8 heteroatoms. The maximum absolute atomic E-state index is 13.2. The molecule has 0 aliphatic rings. The van der Waals surface area contributed by atoms with Crippen LogP contribution in [0.5, 0.6) is 0 Å². The molecular formula is C82H56N6OS.